The first kappa shape index (κ1) is 15.2. The molecule has 1 heterocycles. The first-order valence-corrected chi connectivity index (χ1v) is 8.34. The number of fused-ring (bicyclic) bond motifs is 1. The summed E-state index contributed by atoms with van der Waals surface area (Å²) in [5.41, 5.74) is 2.07. The van der Waals surface area contributed by atoms with E-state index >= 15 is 0 Å². The van der Waals surface area contributed by atoms with Crippen LogP contribution in [0.5, 0.6) is 0 Å². The molecule has 1 aromatic rings. The highest BCUT2D eigenvalue weighted by Crippen LogP contribution is 2.29. The number of carbonyl (C=O) groups excluding carboxylic acids is 1. The summed E-state index contributed by atoms with van der Waals surface area (Å²) < 4.78 is 13.4. The fourth-order valence-corrected chi connectivity index (χ4v) is 3.01. The number of amides is 2. The Balaban J connectivity index is 1.99. The van der Waals surface area contributed by atoms with Gasteiger partial charge in [0.15, 0.2) is 0 Å². The van der Waals surface area contributed by atoms with Crippen LogP contribution < -0.4 is 5.32 Å². The number of hydrogen-bond acceptors (Lipinski definition) is 2. The Morgan fingerprint density at radius 3 is 3.10 bits per heavy atom. The molecule has 20 heavy (non-hydrogen) atoms. The van der Waals surface area contributed by atoms with Crippen LogP contribution >= 0.6 is 11.8 Å². The fraction of sp³-hybridized carbons (Fsp3) is 0.533. The maximum Gasteiger partial charge on any atom is 0.317 e. The number of carbonyl (C=O) groups is 1. The minimum atomic E-state index is -0.238. The van der Waals surface area contributed by atoms with Crippen LogP contribution in [0.3, 0.4) is 0 Å². The fourth-order valence-electron chi connectivity index (χ4n) is 2.58. The van der Waals surface area contributed by atoms with Crippen LogP contribution in [0, 0.1) is 5.82 Å². The number of nitrogens with zero attached hydrogens (tertiary/aromatic N) is 1. The Labute approximate surface area is 123 Å². The molecular weight excluding hydrogens is 275 g/mol. The predicted molar refractivity (Wildman–Crippen MR) is 81.6 cm³/mol. The van der Waals surface area contributed by atoms with E-state index in [1.807, 2.05) is 13.0 Å². The quantitative estimate of drug-likeness (QED) is 0.865. The number of thioether (sulfide) groups is 1. The van der Waals surface area contributed by atoms with E-state index in [-0.39, 0.29) is 17.9 Å². The molecule has 0 bridgehead atoms. The van der Waals surface area contributed by atoms with Gasteiger partial charge in [-0.3, -0.25) is 0 Å². The van der Waals surface area contributed by atoms with Crippen molar-refractivity contribution in [2.24, 2.45) is 0 Å². The molecule has 1 aliphatic rings. The zero-order valence-electron chi connectivity index (χ0n) is 12.0. The lowest BCUT2D eigenvalue weighted by Crippen LogP contribution is -2.45. The lowest BCUT2D eigenvalue weighted by molar-refractivity contribution is 0.174. The van der Waals surface area contributed by atoms with Gasteiger partial charge in [-0.15, -0.1) is 0 Å². The largest absolute Gasteiger partial charge is 0.338 e. The third-order valence-electron chi connectivity index (χ3n) is 3.71. The second-order valence-corrected chi connectivity index (χ2v) is 6.03. The molecule has 0 saturated heterocycles. The SMILES string of the molecule is CSCCCNC(=O)N1CCc2ccc(F)cc2[C@@H]1C. The van der Waals surface area contributed by atoms with E-state index < -0.39 is 0 Å². The summed E-state index contributed by atoms with van der Waals surface area (Å²) in [7, 11) is 0. The summed E-state index contributed by atoms with van der Waals surface area (Å²) in [6, 6.07) is 4.75. The van der Waals surface area contributed by atoms with Gasteiger partial charge in [0, 0.05) is 13.1 Å². The summed E-state index contributed by atoms with van der Waals surface area (Å²) in [6.45, 7) is 3.34. The van der Waals surface area contributed by atoms with Crippen LogP contribution in [0.4, 0.5) is 9.18 Å². The van der Waals surface area contributed by atoms with Gasteiger partial charge in [0.2, 0.25) is 0 Å². The van der Waals surface area contributed by atoms with E-state index in [1.54, 1.807) is 22.7 Å². The molecule has 0 saturated carbocycles. The van der Waals surface area contributed by atoms with Crippen LogP contribution in [-0.4, -0.2) is 36.0 Å². The topological polar surface area (TPSA) is 32.3 Å². The highest BCUT2D eigenvalue weighted by atomic mass is 32.2. The second-order valence-electron chi connectivity index (χ2n) is 5.04. The van der Waals surface area contributed by atoms with Crippen LogP contribution in [0.2, 0.25) is 0 Å². The molecule has 3 nitrogen and oxygen atoms in total. The van der Waals surface area contributed by atoms with Gasteiger partial charge in [0.05, 0.1) is 6.04 Å². The lowest BCUT2D eigenvalue weighted by atomic mass is 9.94. The van der Waals surface area contributed by atoms with Crippen molar-refractivity contribution in [3.63, 3.8) is 0 Å². The zero-order chi connectivity index (χ0) is 14.5. The minimum Gasteiger partial charge on any atom is -0.338 e. The number of halogens is 1. The van der Waals surface area contributed by atoms with Crippen molar-refractivity contribution in [3.05, 3.63) is 35.1 Å². The Bertz CT molecular complexity index is 481. The van der Waals surface area contributed by atoms with E-state index in [9.17, 15) is 9.18 Å². The molecule has 110 valence electrons. The molecule has 0 unspecified atom stereocenters. The Morgan fingerprint density at radius 1 is 1.55 bits per heavy atom. The number of hydrogen-bond donors (Lipinski definition) is 1. The molecule has 1 atom stereocenters. The van der Waals surface area contributed by atoms with Crippen LogP contribution in [0.1, 0.15) is 30.5 Å². The molecule has 1 N–H and O–H groups in total. The number of benzene rings is 1. The van der Waals surface area contributed by atoms with E-state index in [0.29, 0.717) is 13.1 Å². The summed E-state index contributed by atoms with van der Waals surface area (Å²) in [4.78, 5) is 14.0. The van der Waals surface area contributed by atoms with Crippen LogP contribution in [0.25, 0.3) is 0 Å². The van der Waals surface area contributed by atoms with E-state index in [2.05, 4.69) is 11.6 Å². The Kier molecular flexibility index (Phi) is 5.29. The van der Waals surface area contributed by atoms with E-state index in [4.69, 9.17) is 0 Å². The highest BCUT2D eigenvalue weighted by Gasteiger charge is 2.27. The molecule has 0 radical (unpaired) electrons. The van der Waals surface area contributed by atoms with Gasteiger partial charge in [-0.05, 0) is 55.0 Å². The van der Waals surface area contributed by atoms with Gasteiger partial charge in [0.1, 0.15) is 5.82 Å². The van der Waals surface area contributed by atoms with Gasteiger partial charge in [0.25, 0.3) is 0 Å². The number of rotatable bonds is 4. The second kappa shape index (κ2) is 6.97. The summed E-state index contributed by atoms with van der Waals surface area (Å²) >= 11 is 1.78. The molecule has 0 spiro atoms. The van der Waals surface area contributed by atoms with Crippen LogP contribution in [0.15, 0.2) is 18.2 Å². The van der Waals surface area contributed by atoms with Crippen molar-refractivity contribution in [1.29, 1.82) is 0 Å². The van der Waals surface area contributed by atoms with Gasteiger partial charge >= 0.3 is 6.03 Å². The smallest absolute Gasteiger partial charge is 0.317 e. The average molecular weight is 296 g/mol. The highest BCUT2D eigenvalue weighted by molar-refractivity contribution is 7.98. The van der Waals surface area contributed by atoms with Gasteiger partial charge in [-0.25, -0.2) is 9.18 Å². The van der Waals surface area contributed by atoms with Gasteiger partial charge in [-0.1, -0.05) is 6.07 Å². The Morgan fingerprint density at radius 2 is 2.35 bits per heavy atom. The van der Waals surface area contributed by atoms with Gasteiger partial charge in [-0.2, -0.15) is 11.8 Å². The lowest BCUT2D eigenvalue weighted by Gasteiger charge is -2.35. The molecule has 1 aromatic carbocycles. The minimum absolute atomic E-state index is 0.0477. The van der Waals surface area contributed by atoms with E-state index in [1.165, 1.54) is 6.07 Å². The van der Waals surface area contributed by atoms with E-state index in [0.717, 1.165) is 29.7 Å². The normalized spacial score (nSPS) is 17.8. The summed E-state index contributed by atoms with van der Waals surface area (Å²) in [5, 5.41) is 2.94. The summed E-state index contributed by atoms with van der Waals surface area (Å²) in [5.74, 6) is 0.807. The van der Waals surface area contributed by atoms with Crippen molar-refractivity contribution in [3.8, 4) is 0 Å². The first-order valence-electron chi connectivity index (χ1n) is 6.95. The molecule has 0 fully saturated rings. The first-order chi connectivity index (χ1) is 9.63. The molecule has 0 aromatic heterocycles. The van der Waals surface area contributed by atoms with Crippen molar-refractivity contribution >= 4 is 17.8 Å². The predicted octanol–water partition coefficient (Wildman–Crippen LogP) is 3.21. The third-order valence-corrected chi connectivity index (χ3v) is 4.41. The monoisotopic (exact) mass is 296 g/mol. The number of urea groups is 1. The Hall–Kier alpha value is -1.23. The third kappa shape index (κ3) is 3.45. The molecule has 1 aliphatic heterocycles. The van der Waals surface area contributed by atoms with Crippen LogP contribution in [-0.2, 0) is 6.42 Å². The van der Waals surface area contributed by atoms with Gasteiger partial charge < -0.3 is 10.2 Å². The molecule has 2 rings (SSSR count). The van der Waals surface area contributed by atoms with Crippen molar-refractivity contribution in [2.45, 2.75) is 25.8 Å². The molecular formula is C15H21FN2OS. The molecule has 2 amide bonds. The summed E-state index contributed by atoms with van der Waals surface area (Å²) in [6.07, 6.45) is 3.82. The van der Waals surface area contributed by atoms with Crippen molar-refractivity contribution in [2.75, 3.05) is 25.1 Å². The molecule has 5 heteroatoms. The average Bonchev–Trinajstić information content (AvgIpc) is 2.44. The zero-order valence-corrected chi connectivity index (χ0v) is 12.8. The molecule has 0 aliphatic carbocycles. The maximum atomic E-state index is 13.4. The van der Waals surface area contributed by atoms with Crippen molar-refractivity contribution < 1.29 is 9.18 Å². The number of nitrogens with one attached hydrogen (secondary N) is 1. The maximum absolute atomic E-state index is 13.4. The van der Waals surface area contributed by atoms with Crippen molar-refractivity contribution in [1.82, 2.24) is 10.2 Å². The standard InChI is InChI=1S/C15H21FN2OS/c1-11-14-10-13(16)5-4-12(14)6-8-18(11)15(19)17-7-3-9-20-2/h4-5,10-11H,3,6-9H2,1-2H3,(H,17,19)/t11-/m0/s1.